The van der Waals surface area contributed by atoms with Crippen LogP contribution in [-0.4, -0.2) is 11.1 Å². The second-order valence-electron chi connectivity index (χ2n) is 5.11. The van der Waals surface area contributed by atoms with E-state index in [4.69, 9.17) is 5.11 Å². The maximum absolute atomic E-state index is 10.2. The SMILES string of the molecule is F.O=C(O)CCc1ccccc1.c1ccc(-c2ccccc2)cc1. The molecule has 0 aromatic heterocycles. The van der Waals surface area contributed by atoms with Crippen LogP contribution in [-0.2, 0) is 11.2 Å². The Morgan fingerprint density at radius 2 is 1.04 bits per heavy atom. The van der Waals surface area contributed by atoms with Gasteiger partial charge in [-0.3, -0.25) is 9.50 Å². The van der Waals surface area contributed by atoms with E-state index in [1.807, 2.05) is 42.5 Å². The van der Waals surface area contributed by atoms with Gasteiger partial charge in [0.15, 0.2) is 0 Å². The molecule has 0 bridgehead atoms. The first-order valence-electron chi connectivity index (χ1n) is 7.62. The zero-order valence-electron chi connectivity index (χ0n) is 13.3. The number of aryl methyl sites for hydroxylation is 1. The third kappa shape index (κ3) is 6.88. The number of carboxylic acids is 1. The van der Waals surface area contributed by atoms with Gasteiger partial charge in [0.2, 0.25) is 0 Å². The predicted molar refractivity (Wildman–Crippen MR) is 96.8 cm³/mol. The lowest BCUT2D eigenvalue weighted by Crippen LogP contribution is -1.96. The molecular formula is C21H21FO2. The molecule has 0 heterocycles. The number of carbonyl (C=O) groups is 1. The highest BCUT2D eigenvalue weighted by molar-refractivity contribution is 5.67. The van der Waals surface area contributed by atoms with Gasteiger partial charge in [-0.2, -0.15) is 0 Å². The fourth-order valence-corrected chi connectivity index (χ4v) is 2.16. The Hall–Kier alpha value is -2.94. The summed E-state index contributed by atoms with van der Waals surface area (Å²) in [6.07, 6.45) is 0.834. The van der Waals surface area contributed by atoms with Gasteiger partial charge in [-0.25, -0.2) is 0 Å². The van der Waals surface area contributed by atoms with Crippen LogP contribution in [0.4, 0.5) is 4.70 Å². The highest BCUT2D eigenvalue weighted by atomic mass is 19.0. The summed E-state index contributed by atoms with van der Waals surface area (Å²) in [5, 5.41) is 8.37. The van der Waals surface area contributed by atoms with E-state index in [1.54, 1.807) is 0 Å². The summed E-state index contributed by atoms with van der Waals surface area (Å²) >= 11 is 0. The van der Waals surface area contributed by atoms with Gasteiger partial charge in [0.1, 0.15) is 0 Å². The summed E-state index contributed by atoms with van der Waals surface area (Å²) in [5.74, 6) is -0.742. The molecule has 3 aromatic carbocycles. The van der Waals surface area contributed by atoms with Crippen LogP contribution in [0.3, 0.4) is 0 Å². The molecule has 1 N–H and O–H groups in total. The minimum absolute atomic E-state index is 0. The summed E-state index contributed by atoms with van der Waals surface area (Å²) in [6, 6.07) is 30.4. The zero-order valence-corrected chi connectivity index (χ0v) is 13.3. The quantitative estimate of drug-likeness (QED) is 0.715. The van der Waals surface area contributed by atoms with Crippen molar-refractivity contribution in [3.8, 4) is 11.1 Å². The van der Waals surface area contributed by atoms with E-state index in [1.165, 1.54) is 11.1 Å². The molecule has 0 aliphatic carbocycles. The fourth-order valence-electron chi connectivity index (χ4n) is 2.16. The van der Waals surface area contributed by atoms with Crippen molar-refractivity contribution in [2.75, 3.05) is 0 Å². The standard InChI is InChI=1S/C12H10.C9H10O2.FH/c1-3-7-11(8-4-1)12-9-5-2-6-10-12;10-9(11)7-6-8-4-2-1-3-5-8;/h1-10H;1-5H,6-7H2,(H,10,11);1H. The number of hydrogen-bond donors (Lipinski definition) is 1. The molecular weight excluding hydrogens is 303 g/mol. The van der Waals surface area contributed by atoms with Gasteiger partial charge in [0.25, 0.3) is 0 Å². The monoisotopic (exact) mass is 324 g/mol. The van der Waals surface area contributed by atoms with Crippen molar-refractivity contribution < 1.29 is 14.6 Å². The van der Waals surface area contributed by atoms with Crippen molar-refractivity contribution >= 4 is 5.97 Å². The molecule has 24 heavy (non-hydrogen) atoms. The van der Waals surface area contributed by atoms with Crippen LogP contribution in [0.2, 0.25) is 0 Å². The molecule has 0 saturated carbocycles. The number of hydrogen-bond acceptors (Lipinski definition) is 1. The van der Waals surface area contributed by atoms with E-state index in [0.29, 0.717) is 6.42 Å². The van der Waals surface area contributed by atoms with Crippen LogP contribution < -0.4 is 0 Å². The van der Waals surface area contributed by atoms with Gasteiger partial charge in [0, 0.05) is 6.42 Å². The van der Waals surface area contributed by atoms with Gasteiger partial charge in [-0.15, -0.1) is 0 Å². The Bertz CT molecular complexity index is 660. The summed E-state index contributed by atoms with van der Waals surface area (Å²) in [6.45, 7) is 0. The number of rotatable bonds is 4. The summed E-state index contributed by atoms with van der Waals surface area (Å²) in [7, 11) is 0. The fraction of sp³-hybridized carbons (Fsp3) is 0.0952. The highest BCUT2D eigenvalue weighted by Gasteiger charge is 1.96. The van der Waals surface area contributed by atoms with Crippen molar-refractivity contribution in [1.82, 2.24) is 0 Å². The lowest BCUT2D eigenvalue weighted by atomic mass is 10.1. The van der Waals surface area contributed by atoms with Crippen LogP contribution in [0.25, 0.3) is 11.1 Å². The largest absolute Gasteiger partial charge is 0.481 e. The van der Waals surface area contributed by atoms with Gasteiger partial charge < -0.3 is 5.11 Å². The van der Waals surface area contributed by atoms with Crippen molar-refractivity contribution in [1.29, 1.82) is 0 Å². The van der Waals surface area contributed by atoms with Crippen LogP contribution in [0.1, 0.15) is 12.0 Å². The van der Waals surface area contributed by atoms with E-state index >= 15 is 0 Å². The lowest BCUT2D eigenvalue weighted by molar-refractivity contribution is -0.136. The van der Waals surface area contributed by atoms with Crippen molar-refractivity contribution in [2.45, 2.75) is 12.8 Å². The Morgan fingerprint density at radius 1 is 0.667 bits per heavy atom. The van der Waals surface area contributed by atoms with Crippen molar-refractivity contribution in [3.63, 3.8) is 0 Å². The Morgan fingerprint density at radius 3 is 1.42 bits per heavy atom. The van der Waals surface area contributed by atoms with E-state index < -0.39 is 5.97 Å². The molecule has 0 saturated heterocycles. The molecule has 124 valence electrons. The first-order chi connectivity index (χ1) is 11.3. The van der Waals surface area contributed by atoms with E-state index in [9.17, 15) is 4.79 Å². The molecule has 0 unspecified atom stereocenters. The van der Waals surface area contributed by atoms with E-state index in [-0.39, 0.29) is 11.1 Å². The number of benzene rings is 3. The minimum Gasteiger partial charge on any atom is -0.481 e. The van der Waals surface area contributed by atoms with Gasteiger partial charge in [-0.1, -0.05) is 91.0 Å². The Kier molecular flexibility index (Phi) is 8.54. The summed E-state index contributed by atoms with van der Waals surface area (Å²) < 4.78 is 0. The summed E-state index contributed by atoms with van der Waals surface area (Å²) in [5.41, 5.74) is 3.63. The van der Waals surface area contributed by atoms with Crippen LogP contribution in [0.15, 0.2) is 91.0 Å². The molecule has 0 fully saturated rings. The molecule has 0 amide bonds. The second kappa shape index (κ2) is 10.7. The molecule has 0 aliphatic rings. The average molecular weight is 324 g/mol. The number of halogens is 1. The number of carboxylic acid groups (broad SMARTS) is 1. The smallest absolute Gasteiger partial charge is 0.303 e. The maximum Gasteiger partial charge on any atom is 0.303 e. The predicted octanol–water partition coefficient (Wildman–Crippen LogP) is 5.21. The Balaban J connectivity index is 0.000000232. The highest BCUT2D eigenvalue weighted by Crippen LogP contribution is 2.17. The van der Waals surface area contributed by atoms with Crippen LogP contribution in [0, 0.1) is 0 Å². The molecule has 3 rings (SSSR count). The second-order valence-corrected chi connectivity index (χ2v) is 5.11. The molecule has 0 spiro atoms. The van der Waals surface area contributed by atoms with Crippen LogP contribution >= 0.6 is 0 Å². The molecule has 3 heteroatoms. The van der Waals surface area contributed by atoms with E-state index in [0.717, 1.165) is 5.56 Å². The normalized spacial score (nSPS) is 9.17. The molecule has 0 radical (unpaired) electrons. The molecule has 0 aliphatic heterocycles. The average Bonchev–Trinajstić information content (AvgIpc) is 2.63. The topological polar surface area (TPSA) is 37.3 Å². The van der Waals surface area contributed by atoms with Crippen LogP contribution in [0.5, 0.6) is 0 Å². The van der Waals surface area contributed by atoms with Gasteiger partial charge >= 0.3 is 5.97 Å². The molecule has 0 atom stereocenters. The molecule has 2 nitrogen and oxygen atoms in total. The zero-order chi connectivity index (χ0) is 16.3. The van der Waals surface area contributed by atoms with Crippen molar-refractivity contribution in [3.05, 3.63) is 96.6 Å². The third-order valence-corrected chi connectivity index (χ3v) is 3.35. The third-order valence-electron chi connectivity index (χ3n) is 3.35. The van der Waals surface area contributed by atoms with Gasteiger partial charge in [-0.05, 0) is 23.1 Å². The first-order valence-corrected chi connectivity index (χ1v) is 7.62. The minimum atomic E-state index is -0.742. The number of aliphatic carboxylic acids is 1. The first kappa shape index (κ1) is 19.1. The lowest BCUT2D eigenvalue weighted by Gasteiger charge is -1.98. The maximum atomic E-state index is 10.2. The van der Waals surface area contributed by atoms with Crippen molar-refractivity contribution in [2.24, 2.45) is 0 Å². The van der Waals surface area contributed by atoms with Gasteiger partial charge in [0.05, 0.1) is 0 Å². The summed E-state index contributed by atoms with van der Waals surface area (Å²) in [4.78, 5) is 10.2. The molecule has 3 aromatic rings. The Labute approximate surface area is 141 Å². The van der Waals surface area contributed by atoms with E-state index in [2.05, 4.69) is 48.5 Å².